The van der Waals surface area contributed by atoms with E-state index in [9.17, 15) is 4.79 Å². The molecule has 24 heavy (non-hydrogen) atoms. The number of nitrogens with zero attached hydrogens (tertiary/aromatic N) is 3. The van der Waals surface area contributed by atoms with Crippen molar-refractivity contribution in [3.8, 4) is 5.75 Å². The number of aromatic nitrogens is 2. The highest BCUT2D eigenvalue weighted by molar-refractivity contribution is 6.05. The highest BCUT2D eigenvalue weighted by Crippen LogP contribution is 2.36. The number of nitrogens with one attached hydrogen (secondary N) is 1. The van der Waals surface area contributed by atoms with Gasteiger partial charge in [0, 0.05) is 30.6 Å². The number of hydrogen-bond donors (Lipinski definition) is 1. The number of fused-ring (bicyclic) bond motifs is 3. The fourth-order valence-corrected chi connectivity index (χ4v) is 4.31. The Labute approximate surface area is 141 Å². The van der Waals surface area contributed by atoms with Crippen LogP contribution in [0.3, 0.4) is 0 Å². The summed E-state index contributed by atoms with van der Waals surface area (Å²) in [4.78, 5) is 17.4. The van der Waals surface area contributed by atoms with Crippen LogP contribution in [0, 0.1) is 0 Å². The fraction of sp³-hybridized carbons (Fsp3) is 0.556. The van der Waals surface area contributed by atoms with Crippen molar-refractivity contribution in [3.05, 3.63) is 23.9 Å². The summed E-state index contributed by atoms with van der Waals surface area (Å²) in [6.07, 6.45) is 4.62. The van der Waals surface area contributed by atoms with Crippen LogP contribution in [0.5, 0.6) is 5.75 Å². The van der Waals surface area contributed by atoms with E-state index in [0.717, 1.165) is 29.5 Å². The number of aromatic amines is 1. The molecule has 2 aliphatic rings. The van der Waals surface area contributed by atoms with Gasteiger partial charge >= 0.3 is 0 Å². The van der Waals surface area contributed by atoms with Crippen LogP contribution in [0.4, 0.5) is 0 Å². The van der Waals surface area contributed by atoms with Crippen LogP contribution >= 0.6 is 0 Å². The van der Waals surface area contributed by atoms with Crippen molar-refractivity contribution >= 4 is 16.8 Å². The van der Waals surface area contributed by atoms with Crippen LogP contribution in [0.25, 0.3) is 10.9 Å². The monoisotopic (exact) mass is 328 g/mol. The van der Waals surface area contributed by atoms with Gasteiger partial charge in [-0.1, -0.05) is 0 Å². The van der Waals surface area contributed by atoms with Crippen LogP contribution in [0.15, 0.2) is 18.2 Å². The van der Waals surface area contributed by atoms with Gasteiger partial charge < -0.3 is 14.5 Å². The molecule has 0 radical (unpaired) electrons. The van der Waals surface area contributed by atoms with Crippen molar-refractivity contribution in [3.63, 3.8) is 0 Å². The molecular weight excluding hydrogens is 304 g/mol. The zero-order valence-electron chi connectivity index (χ0n) is 14.5. The second-order valence-corrected chi connectivity index (χ2v) is 7.08. The summed E-state index contributed by atoms with van der Waals surface area (Å²) in [5.74, 6) is 0.724. The molecule has 1 amide bonds. The zero-order valence-corrected chi connectivity index (χ0v) is 14.5. The van der Waals surface area contributed by atoms with Crippen molar-refractivity contribution in [2.75, 3.05) is 21.2 Å². The van der Waals surface area contributed by atoms with Gasteiger partial charge in [-0.25, -0.2) is 0 Å². The smallest absolute Gasteiger partial charge is 0.274 e. The minimum absolute atomic E-state index is 0.0107. The first-order valence-electron chi connectivity index (χ1n) is 8.59. The topological polar surface area (TPSA) is 61.5 Å². The number of ether oxygens (including phenoxy) is 1. The van der Waals surface area contributed by atoms with Gasteiger partial charge in [0.05, 0.1) is 12.6 Å². The lowest BCUT2D eigenvalue weighted by Crippen LogP contribution is -2.49. The molecule has 6 nitrogen and oxygen atoms in total. The van der Waals surface area contributed by atoms with Crippen molar-refractivity contribution in [1.82, 2.24) is 20.0 Å². The molecule has 4 rings (SSSR count). The van der Waals surface area contributed by atoms with E-state index >= 15 is 0 Å². The largest absolute Gasteiger partial charge is 0.497 e. The van der Waals surface area contributed by atoms with Gasteiger partial charge in [0.25, 0.3) is 5.91 Å². The first-order chi connectivity index (χ1) is 11.6. The van der Waals surface area contributed by atoms with Crippen LogP contribution in [0.2, 0.25) is 0 Å². The Morgan fingerprint density at radius 3 is 2.71 bits per heavy atom. The quantitative estimate of drug-likeness (QED) is 0.939. The lowest BCUT2D eigenvalue weighted by atomic mass is 9.96. The maximum atomic E-state index is 13.0. The molecule has 6 heteroatoms. The molecule has 1 aromatic carbocycles. The fourth-order valence-electron chi connectivity index (χ4n) is 4.31. The summed E-state index contributed by atoms with van der Waals surface area (Å²) in [5.41, 5.74) is 1.34. The molecule has 2 aliphatic heterocycles. The molecule has 2 aromatic rings. The molecule has 0 spiro atoms. The van der Waals surface area contributed by atoms with E-state index in [0.29, 0.717) is 23.8 Å². The average Bonchev–Trinajstić information content (AvgIpc) is 3.08. The Morgan fingerprint density at radius 2 is 2.04 bits per heavy atom. The van der Waals surface area contributed by atoms with E-state index in [1.165, 1.54) is 12.8 Å². The Bertz CT molecular complexity index is 757. The van der Waals surface area contributed by atoms with E-state index < -0.39 is 0 Å². The van der Waals surface area contributed by atoms with Gasteiger partial charge in [-0.3, -0.25) is 9.89 Å². The van der Waals surface area contributed by atoms with E-state index in [2.05, 4.69) is 22.1 Å². The molecule has 2 atom stereocenters. The number of methoxy groups -OCH3 is 1. The Kier molecular flexibility index (Phi) is 3.72. The van der Waals surface area contributed by atoms with Crippen LogP contribution in [0.1, 0.15) is 36.2 Å². The van der Waals surface area contributed by atoms with Crippen molar-refractivity contribution < 1.29 is 9.53 Å². The summed E-state index contributed by atoms with van der Waals surface area (Å²) in [7, 11) is 5.76. The summed E-state index contributed by atoms with van der Waals surface area (Å²) in [6, 6.07) is 7.16. The highest BCUT2D eigenvalue weighted by Gasteiger charge is 2.41. The molecule has 128 valence electrons. The van der Waals surface area contributed by atoms with Crippen molar-refractivity contribution in [2.24, 2.45) is 0 Å². The second-order valence-electron chi connectivity index (χ2n) is 7.08. The highest BCUT2D eigenvalue weighted by atomic mass is 16.5. The maximum absolute atomic E-state index is 13.0. The maximum Gasteiger partial charge on any atom is 0.274 e. The van der Waals surface area contributed by atoms with Gasteiger partial charge in [0.2, 0.25) is 0 Å². The molecule has 2 saturated heterocycles. The van der Waals surface area contributed by atoms with Crippen LogP contribution in [-0.4, -0.2) is 65.2 Å². The summed E-state index contributed by atoms with van der Waals surface area (Å²) >= 11 is 0. The number of rotatable bonds is 3. The van der Waals surface area contributed by atoms with E-state index in [1.807, 2.05) is 30.1 Å². The average molecular weight is 328 g/mol. The Balaban J connectivity index is 1.59. The molecule has 2 unspecified atom stereocenters. The number of benzene rings is 1. The lowest BCUT2D eigenvalue weighted by Gasteiger charge is -2.40. The normalized spacial score (nSPS) is 26.7. The van der Waals surface area contributed by atoms with Crippen LogP contribution in [-0.2, 0) is 0 Å². The Hall–Kier alpha value is -2.08. The number of H-pyrrole nitrogens is 1. The number of carbonyl (C=O) groups excluding carboxylic acids is 1. The van der Waals surface area contributed by atoms with E-state index in [1.54, 1.807) is 7.11 Å². The number of hydrogen-bond acceptors (Lipinski definition) is 4. The number of amides is 1. The molecule has 1 aromatic heterocycles. The minimum atomic E-state index is -0.0107. The molecule has 2 fully saturated rings. The summed E-state index contributed by atoms with van der Waals surface area (Å²) in [5, 5.41) is 8.05. The standard InChI is InChI=1S/C18H24N4O2/c1-21-11-4-5-12(21)9-13(8-11)22(2)18(23)17-15-10-14(24-3)6-7-16(15)19-20-17/h6-7,10-13H,4-5,8-9H2,1-3H3,(H,19,20). The first kappa shape index (κ1) is 15.4. The second kappa shape index (κ2) is 5.77. The zero-order chi connectivity index (χ0) is 16.8. The third-order valence-corrected chi connectivity index (χ3v) is 5.91. The van der Waals surface area contributed by atoms with Crippen LogP contribution < -0.4 is 4.74 Å². The molecule has 2 bridgehead atoms. The molecule has 3 heterocycles. The number of piperidine rings is 1. The third-order valence-electron chi connectivity index (χ3n) is 5.91. The molecular formula is C18H24N4O2. The molecule has 0 saturated carbocycles. The predicted octanol–water partition coefficient (Wildman–Crippen LogP) is 2.27. The van der Waals surface area contributed by atoms with Gasteiger partial charge in [-0.05, 0) is 50.9 Å². The Morgan fingerprint density at radius 1 is 1.33 bits per heavy atom. The van der Waals surface area contributed by atoms with Gasteiger partial charge in [0.1, 0.15) is 5.75 Å². The lowest BCUT2D eigenvalue weighted by molar-refractivity contribution is 0.0559. The summed E-state index contributed by atoms with van der Waals surface area (Å²) in [6.45, 7) is 0. The van der Waals surface area contributed by atoms with E-state index in [-0.39, 0.29) is 5.91 Å². The SMILES string of the molecule is COc1ccc2[nH]nc(C(=O)N(C)C3CC4CCC(C3)N4C)c2c1. The molecule has 0 aliphatic carbocycles. The third kappa shape index (κ3) is 2.36. The molecule has 1 N–H and O–H groups in total. The van der Waals surface area contributed by atoms with Crippen molar-refractivity contribution in [2.45, 2.75) is 43.8 Å². The van der Waals surface area contributed by atoms with Gasteiger partial charge in [0.15, 0.2) is 5.69 Å². The van der Waals surface area contributed by atoms with E-state index in [4.69, 9.17) is 4.74 Å². The number of carbonyl (C=O) groups is 1. The first-order valence-corrected chi connectivity index (χ1v) is 8.59. The van der Waals surface area contributed by atoms with Gasteiger partial charge in [-0.15, -0.1) is 0 Å². The summed E-state index contributed by atoms with van der Waals surface area (Å²) < 4.78 is 5.28. The predicted molar refractivity (Wildman–Crippen MR) is 92.3 cm³/mol. The minimum Gasteiger partial charge on any atom is -0.497 e. The van der Waals surface area contributed by atoms with Gasteiger partial charge in [-0.2, -0.15) is 5.10 Å². The van der Waals surface area contributed by atoms with Crippen molar-refractivity contribution in [1.29, 1.82) is 0 Å².